The molecule has 0 unspecified atom stereocenters. The molecular formula is C40H80O7. The summed E-state index contributed by atoms with van der Waals surface area (Å²) in [6, 6.07) is 0. The molecule has 282 valence electrons. The molecule has 47 heavy (non-hydrogen) atoms. The van der Waals surface area contributed by atoms with Crippen LogP contribution in [0.1, 0.15) is 181 Å². The van der Waals surface area contributed by atoms with Crippen molar-refractivity contribution >= 4 is 5.97 Å². The van der Waals surface area contributed by atoms with E-state index in [1.54, 1.807) is 0 Å². The topological polar surface area (TPSA) is 72.5 Å². The van der Waals surface area contributed by atoms with Gasteiger partial charge in [-0.15, -0.1) is 0 Å². The lowest BCUT2D eigenvalue weighted by molar-refractivity contribution is -0.145. The van der Waals surface area contributed by atoms with Crippen molar-refractivity contribution in [3.8, 4) is 0 Å². The van der Waals surface area contributed by atoms with E-state index in [1.165, 1.54) is 141 Å². The van der Waals surface area contributed by atoms with E-state index >= 15 is 0 Å². The first-order valence-electron chi connectivity index (χ1n) is 20.4. The Morgan fingerprint density at radius 3 is 0.894 bits per heavy atom. The van der Waals surface area contributed by atoms with Crippen LogP contribution in [0.5, 0.6) is 0 Å². The minimum absolute atomic E-state index is 0.118. The van der Waals surface area contributed by atoms with Gasteiger partial charge in [0.05, 0.1) is 59.5 Å². The van der Waals surface area contributed by atoms with Crippen molar-refractivity contribution in [1.82, 2.24) is 0 Å². The van der Waals surface area contributed by atoms with Crippen molar-refractivity contribution in [1.29, 1.82) is 0 Å². The molecule has 0 radical (unpaired) electrons. The van der Waals surface area contributed by atoms with E-state index in [0.717, 1.165) is 25.9 Å². The highest BCUT2D eigenvalue weighted by molar-refractivity contribution is 5.69. The molecule has 0 aromatic carbocycles. The Morgan fingerprint density at radius 2 is 0.553 bits per heavy atom. The fraction of sp³-hybridized carbons (Fsp3) is 0.975. The molecule has 0 aliphatic carbocycles. The monoisotopic (exact) mass is 673 g/mol. The summed E-state index contributed by atoms with van der Waals surface area (Å²) in [5.41, 5.74) is 0. The Bertz CT molecular complexity index is 575. The molecule has 0 amide bonds. The molecule has 0 spiro atoms. The summed E-state index contributed by atoms with van der Waals surface area (Å²) < 4.78 is 33.0. The van der Waals surface area contributed by atoms with Crippen LogP contribution in [0, 0.1) is 0 Å². The van der Waals surface area contributed by atoms with Crippen LogP contribution in [0.25, 0.3) is 0 Å². The number of hydrogen-bond donors (Lipinski definition) is 0. The van der Waals surface area contributed by atoms with E-state index in [4.69, 9.17) is 28.4 Å². The van der Waals surface area contributed by atoms with Gasteiger partial charge in [0.1, 0.15) is 6.61 Å². The third-order valence-corrected chi connectivity index (χ3v) is 8.61. The fourth-order valence-corrected chi connectivity index (χ4v) is 5.60. The number of unbranched alkanes of at least 4 members (excludes halogenated alkanes) is 23. The molecule has 0 saturated carbocycles. The van der Waals surface area contributed by atoms with Crippen LogP contribution in [0.4, 0.5) is 0 Å². The van der Waals surface area contributed by atoms with Crippen molar-refractivity contribution in [2.24, 2.45) is 0 Å². The molecule has 0 N–H and O–H groups in total. The van der Waals surface area contributed by atoms with Crippen LogP contribution in [0.15, 0.2) is 0 Å². The molecule has 0 saturated heterocycles. The average molecular weight is 673 g/mol. The molecular weight excluding hydrogens is 592 g/mol. The maximum Gasteiger partial charge on any atom is 0.305 e. The van der Waals surface area contributed by atoms with Gasteiger partial charge in [0.2, 0.25) is 0 Å². The zero-order valence-electron chi connectivity index (χ0n) is 31.5. The average Bonchev–Trinajstić information content (AvgIpc) is 3.08. The Hall–Kier alpha value is -0.730. The lowest BCUT2D eigenvalue weighted by Gasteiger charge is -2.08. The summed E-state index contributed by atoms with van der Waals surface area (Å²) in [6.45, 7) is 10.5. The van der Waals surface area contributed by atoms with Crippen LogP contribution < -0.4 is 0 Å². The minimum Gasteiger partial charge on any atom is -0.463 e. The van der Waals surface area contributed by atoms with Gasteiger partial charge in [0.15, 0.2) is 0 Å². The maximum absolute atomic E-state index is 11.8. The first kappa shape index (κ1) is 46.3. The second kappa shape index (κ2) is 43.3. The van der Waals surface area contributed by atoms with E-state index in [9.17, 15) is 4.79 Å². The van der Waals surface area contributed by atoms with E-state index in [0.29, 0.717) is 72.5 Å². The van der Waals surface area contributed by atoms with Crippen molar-refractivity contribution in [2.75, 3.05) is 72.7 Å². The number of carbonyl (C=O) groups is 1. The highest BCUT2D eigenvalue weighted by Crippen LogP contribution is 2.14. The number of rotatable bonds is 42. The van der Waals surface area contributed by atoms with Crippen molar-refractivity contribution in [3.05, 3.63) is 0 Å². The molecule has 0 fully saturated rings. The Morgan fingerprint density at radius 1 is 0.298 bits per heavy atom. The highest BCUT2D eigenvalue weighted by Gasteiger charge is 2.03. The van der Waals surface area contributed by atoms with Gasteiger partial charge < -0.3 is 28.4 Å². The summed E-state index contributed by atoms with van der Waals surface area (Å²) in [6.07, 6.45) is 34.0. The van der Waals surface area contributed by atoms with Crippen LogP contribution in [0.3, 0.4) is 0 Å². The number of carbonyl (C=O) groups excluding carboxylic acids is 1. The predicted molar refractivity (Wildman–Crippen MR) is 196 cm³/mol. The zero-order valence-corrected chi connectivity index (χ0v) is 31.5. The van der Waals surface area contributed by atoms with Crippen molar-refractivity contribution in [2.45, 2.75) is 181 Å². The van der Waals surface area contributed by atoms with Crippen LogP contribution in [-0.4, -0.2) is 78.6 Å². The number of esters is 1. The molecule has 7 nitrogen and oxygen atoms in total. The third-order valence-electron chi connectivity index (χ3n) is 8.61. The Balaban J connectivity index is 3.10. The highest BCUT2D eigenvalue weighted by atomic mass is 16.6. The first-order valence-corrected chi connectivity index (χ1v) is 20.4. The van der Waals surface area contributed by atoms with Gasteiger partial charge in [-0.1, -0.05) is 162 Å². The molecule has 0 aromatic rings. The fourth-order valence-electron chi connectivity index (χ4n) is 5.60. The largest absolute Gasteiger partial charge is 0.463 e. The van der Waals surface area contributed by atoms with Crippen LogP contribution >= 0.6 is 0 Å². The standard InChI is InChI=1S/C40H80O7/c1-3-5-7-9-11-13-14-15-16-17-18-19-21-23-25-27-29-42-30-31-43-32-33-44-34-35-45-36-37-46-38-39-47-40(41)28-26-24-22-20-12-10-8-6-4-2/h3-39H2,1-2H3. The van der Waals surface area contributed by atoms with Gasteiger partial charge in [0.25, 0.3) is 0 Å². The summed E-state index contributed by atoms with van der Waals surface area (Å²) in [5.74, 6) is -0.118. The summed E-state index contributed by atoms with van der Waals surface area (Å²) in [4.78, 5) is 11.8. The van der Waals surface area contributed by atoms with Crippen molar-refractivity contribution in [3.63, 3.8) is 0 Å². The number of hydrogen-bond acceptors (Lipinski definition) is 7. The van der Waals surface area contributed by atoms with Gasteiger partial charge in [0, 0.05) is 13.0 Å². The molecule has 7 heteroatoms. The summed E-state index contributed by atoms with van der Waals surface area (Å²) in [7, 11) is 0. The molecule has 0 rings (SSSR count). The van der Waals surface area contributed by atoms with Crippen molar-refractivity contribution < 1.29 is 33.2 Å². The van der Waals surface area contributed by atoms with Crippen LogP contribution in [-0.2, 0) is 33.2 Å². The van der Waals surface area contributed by atoms with Gasteiger partial charge >= 0.3 is 5.97 Å². The van der Waals surface area contributed by atoms with E-state index < -0.39 is 0 Å². The van der Waals surface area contributed by atoms with E-state index in [-0.39, 0.29) is 5.97 Å². The second-order valence-electron chi connectivity index (χ2n) is 13.2. The van der Waals surface area contributed by atoms with Gasteiger partial charge in [-0.25, -0.2) is 0 Å². The smallest absolute Gasteiger partial charge is 0.305 e. The van der Waals surface area contributed by atoms with E-state index in [2.05, 4.69) is 13.8 Å². The quantitative estimate of drug-likeness (QED) is 0.0472. The molecule has 0 aliphatic rings. The van der Waals surface area contributed by atoms with E-state index in [1.807, 2.05) is 0 Å². The van der Waals surface area contributed by atoms with Gasteiger partial charge in [-0.3, -0.25) is 4.79 Å². The third kappa shape index (κ3) is 43.2. The predicted octanol–water partition coefficient (Wildman–Crippen LogP) is 10.8. The normalized spacial score (nSPS) is 11.4. The van der Waals surface area contributed by atoms with Gasteiger partial charge in [-0.05, 0) is 12.8 Å². The zero-order chi connectivity index (χ0) is 34.0. The first-order chi connectivity index (χ1) is 23.3. The maximum atomic E-state index is 11.8. The molecule has 0 heterocycles. The molecule has 0 aromatic heterocycles. The van der Waals surface area contributed by atoms with Gasteiger partial charge in [-0.2, -0.15) is 0 Å². The number of ether oxygens (including phenoxy) is 6. The Labute approximate surface area is 292 Å². The SMILES string of the molecule is CCCCCCCCCCCCCCCCCCOCCOCCOCCOCCOCCOC(=O)CCCCCCCCCCC. The second-order valence-corrected chi connectivity index (χ2v) is 13.2. The minimum atomic E-state index is -0.118. The summed E-state index contributed by atoms with van der Waals surface area (Å²) >= 11 is 0. The molecule has 0 aliphatic heterocycles. The lowest BCUT2D eigenvalue weighted by Crippen LogP contribution is -2.15. The molecule has 0 bridgehead atoms. The molecule has 0 atom stereocenters. The van der Waals surface area contributed by atoms with Crippen LogP contribution in [0.2, 0.25) is 0 Å². The summed E-state index contributed by atoms with van der Waals surface area (Å²) in [5, 5.41) is 0. The Kier molecular flexibility index (Phi) is 42.6. The lowest BCUT2D eigenvalue weighted by atomic mass is 10.0.